The van der Waals surface area contributed by atoms with Gasteiger partial charge in [-0.25, -0.2) is 4.39 Å². The van der Waals surface area contributed by atoms with E-state index < -0.39 is 6.67 Å². The second-order valence-electron chi connectivity index (χ2n) is 3.17. The van der Waals surface area contributed by atoms with E-state index in [1.807, 2.05) is 19.9 Å². The molecule has 0 aliphatic heterocycles. The summed E-state index contributed by atoms with van der Waals surface area (Å²) in [5.41, 5.74) is 1.67. The Kier molecular flexibility index (Phi) is 2.97. The van der Waals surface area contributed by atoms with E-state index in [2.05, 4.69) is 4.98 Å². The van der Waals surface area contributed by atoms with Crippen molar-refractivity contribution in [1.82, 2.24) is 4.98 Å². The Labute approximate surface area is 77.0 Å². The number of hydrogen-bond donors (Lipinski definition) is 0. The lowest BCUT2D eigenvalue weighted by Crippen LogP contribution is -1.99. The molecule has 0 saturated heterocycles. The molecule has 0 saturated carbocycles. The molecule has 2 nitrogen and oxygen atoms in total. The van der Waals surface area contributed by atoms with Gasteiger partial charge in [0, 0.05) is 17.5 Å². The first-order valence-corrected chi connectivity index (χ1v) is 4.14. The van der Waals surface area contributed by atoms with Crippen LogP contribution < -0.4 is 0 Å². The van der Waals surface area contributed by atoms with Crippen LogP contribution in [0, 0.1) is 11.3 Å². The van der Waals surface area contributed by atoms with Crippen molar-refractivity contribution in [2.75, 3.05) is 0 Å². The predicted molar refractivity (Wildman–Crippen MR) is 47.9 cm³/mol. The molecule has 0 aliphatic carbocycles. The fraction of sp³-hybridized carbons (Fsp3) is 0.400. The summed E-state index contributed by atoms with van der Waals surface area (Å²) in [6.07, 6.45) is 1.48. The van der Waals surface area contributed by atoms with E-state index in [9.17, 15) is 4.39 Å². The number of pyridine rings is 1. The van der Waals surface area contributed by atoms with E-state index in [1.54, 1.807) is 6.07 Å². The molecule has 0 aliphatic rings. The summed E-state index contributed by atoms with van der Waals surface area (Å²) in [5.74, 6) is 0.193. The first kappa shape index (κ1) is 9.66. The van der Waals surface area contributed by atoms with Crippen LogP contribution in [0.25, 0.3) is 0 Å². The summed E-state index contributed by atoms with van der Waals surface area (Å²) in [6.45, 7) is 3.34. The standard InChI is InChI=1S/C10H11FN2/c1-7(2)10-9(4-11)3-8(5-12)6-13-10/h3,6-7H,4H2,1-2H3. The van der Waals surface area contributed by atoms with Crippen molar-refractivity contribution in [2.24, 2.45) is 0 Å². The van der Waals surface area contributed by atoms with Gasteiger partial charge in [-0.05, 0) is 12.0 Å². The highest BCUT2D eigenvalue weighted by molar-refractivity contribution is 5.33. The molecule has 1 heterocycles. The Morgan fingerprint density at radius 3 is 2.77 bits per heavy atom. The molecular formula is C10H11FN2. The largest absolute Gasteiger partial charge is 0.259 e. The molecule has 3 heteroatoms. The third kappa shape index (κ3) is 2.03. The molecule has 13 heavy (non-hydrogen) atoms. The lowest BCUT2D eigenvalue weighted by molar-refractivity contribution is 0.478. The SMILES string of the molecule is CC(C)c1ncc(C#N)cc1CF. The Morgan fingerprint density at radius 1 is 1.62 bits per heavy atom. The van der Waals surface area contributed by atoms with Gasteiger partial charge in [0.05, 0.1) is 5.56 Å². The summed E-state index contributed by atoms with van der Waals surface area (Å²) in [5, 5.41) is 8.57. The highest BCUT2D eigenvalue weighted by atomic mass is 19.1. The van der Waals surface area contributed by atoms with Crippen LogP contribution in [0.1, 0.15) is 36.6 Å². The highest BCUT2D eigenvalue weighted by Crippen LogP contribution is 2.18. The summed E-state index contributed by atoms with van der Waals surface area (Å²) in [4.78, 5) is 4.06. The van der Waals surface area contributed by atoms with Crippen LogP contribution in [-0.4, -0.2) is 4.98 Å². The smallest absolute Gasteiger partial charge is 0.116 e. The minimum Gasteiger partial charge on any atom is -0.259 e. The molecule has 1 aromatic rings. The van der Waals surface area contributed by atoms with Gasteiger partial charge in [0.2, 0.25) is 0 Å². The molecule has 0 amide bonds. The second kappa shape index (κ2) is 3.99. The molecule has 0 bridgehead atoms. The summed E-state index contributed by atoms with van der Waals surface area (Å²) in [7, 11) is 0. The molecular weight excluding hydrogens is 167 g/mol. The number of nitrogens with zero attached hydrogens (tertiary/aromatic N) is 2. The molecule has 0 unspecified atom stereocenters. The quantitative estimate of drug-likeness (QED) is 0.697. The summed E-state index contributed by atoms with van der Waals surface area (Å²) < 4.78 is 12.5. The molecule has 0 atom stereocenters. The highest BCUT2D eigenvalue weighted by Gasteiger charge is 2.08. The molecule has 1 rings (SSSR count). The van der Waals surface area contributed by atoms with Crippen molar-refractivity contribution < 1.29 is 4.39 Å². The average Bonchev–Trinajstić information content (AvgIpc) is 2.16. The van der Waals surface area contributed by atoms with Gasteiger partial charge < -0.3 is 0 Å². The molecule has 0 N–H and O–H groups in total. The fourth-order valence-corrected chi connectivity index (χ4v) is 1.21. The molecule has 0 spiro atoms. The first-order chi connectivity index (χ1) is 6.19. The molecule has 0 aromatic carbocycles. The number of alkyl halides is 1. The Hall–Kier alpha value is -1.43. The van der Waals surface area contributed by atoms with Crippen LogP contribution in [0.4, 0.5) is 4.39 Å². The van der Waals surface area contributed by atoms with E-state index in [0.29, 0.717) is 11.1 Å². The third-order valence-electron chi connectivity index (χ3n) is 1.82. The van der Waals surface area contributed by atoms with Crippen molar-refractivity contribution in [3.63, 3.8) is 0 Å². The number of hydrogen-bond acceptors (Lipinski definition) is 2. The van der Waals surface area contributed by atoms with Crippen molar-refractivity contribution in [3.05, 3.63) is 29.1 Å². The van der Waals surface area contributed by atoms with Crippen LogP contribution in [0.2, 0.25) is 0 Å². The van der Waals surface area contributed by atoms with E-state index in [0.717, 1.165) is 5.69 Å². The Balaban J connectivity index is 3.17. The van der Waals surface area contributed by atoms with Crippen molar-refractivity contribution in [1.29, 1.82) is 5.26 Å². The zero-order valence-electron chi connectivity index (χ0n) is 7.71. The van der Waals surface area contributed by atoms with E-state index in [1.165, 1.54) is 6.20 Å². The van der Waals surface area contributed by atoms with Crippen molar-refractivity contribution >= 4 is 0 Å². The first-order valence-electron chi connectivity index (χ1n) is 4.14. The van der Waals surface area contributed by atoms with Crippen LogP contribution in [0.5, 0.6) is 0 Å². The van der Waals surface area contributed by atoms with Crippen LogP contribution in [-0.2, 0) is 6.67 Å². The molecule has 0 radical (unpaired) electrons. The zero-order chi connectivity index (χ0) is 9.84. The van der Waals surface area contributed by atoms with Crippen molar-refractivity contribution in [3.8, 4) is 6.07 Å². The number of halogens is 1. The third-order valence-corrected chi connectivity index (χ3v) is 1.82. The van der Waals surface area contributed by atoms with E-state index in [4.69, 9.17) is 5.26 Å². The normalized spacial score (nSPS) is 10.1. The van der Waals surface area contributed by atoms with Gasteiger partial charge in [-0.15, -0.1) is 0 Å². The van der Waals surface area contributed by atoms with Crippen LogP contribution >= 0.6 is 0 Å². The van der Waals surface area contributed by atoms with Gasteiger partial charge in [0.15, 0.2) is 0 Å². The maximum atomic E-state index is 12.5. The number of aromatic nitrogens is 1. The monoisotopic (exact) mass is 178 g/mol. The molecule has 68 valence electrons. The van der Waals surface area contributed by atoms with Gasteiger partial charge in [-0.3, -0.25) is 4.98 Å². The van der Waals surface area contributed by atoms with Gasteiger partial charge in [0.25, 0.3) is 0 Å². The maximum Gasteiger partial charge on any atom is 0.116 e. The van der Waals surface area contributed by atoms with Gasteiger partial charge in [-0.1, -0.05) is 13.8 Å². The lowest BCUT2D eigenvalue weighted by Gasteiger charge is -2.08. The minimum atomic E-state index is -0.559. The molecule has 1 aromatic heterocycles. The van der Waals surface area contributed by atoms with E-state index in [-0.39, 0.29) is 5.92 Å². The van der Waals surface area contributed by atoms with Gasteiger partial charge in [0.1, 0.15) is 12.7 Å². The zero-order valence-corrected chi connectivity index (χ0v) is 7.71. The molecule has 0 fully saturated rings. The number of rotatable bonds is 2. The van der Waals surface area contributed by atoms with Gasteiger partial charge >= 0.3 is 0 Å². The maximum absolute atomic E-state index is 12.5. The second-order valence-corrected chi connectivity index (χ2v) is 3.17. The summed E-state index contributed by atoms with van der Waals surface area (Å²) in [6, 6.07) is 3.50. The van der Waals surface area contributed by atoms with Gasteiger partial charge in [-0.2, -0.15) is 5.26 Å². The van der Waals surface area contributed by atoms with Crippen LogP contribution in [0.3, 0.4) is 0 Å². The van der Waals surface area contributed by atoms with Crippen molar-refractivity contribution in [2.45, 2.75) is 26.4 Å². The minimum absolute atomic E-state index is 0.193. The Morgan fingerprint density at radius 2 is 2.31 bits per heavy atom. The predicted octanol–water partition coefficient (Wildman–Crippen LogP) is 2.55. The topological polar surface area (TPSA) is 36.7 Å². The Bertz CT molecular complexity index is 339. The number of nitriles is 1. The lowest BCUT2D eigenvalue weighted by atomic mass is 10.0. The fourth-order valence-electron chi connectivity index (χ4n) is 1.21. The average molecular weight is 178 g/mol. The van der Waals surface area contributed by atoms with E-state index >= 15 is 0 Å². The summed E-state index contributed by atoms with van der Waals surface area (Å²) >= 11 is 0. The van der Waals surface area contributed by atoms with Crippen LogP contribution in [0.15, 0.2) is 12.3 Å².